The second-order valence-corrected chi connectivity index (χ2v) is 7.05. The highest BCUT2D eigenvalue weighted by molar-refractivity contribution is 5.82. The Labute approximate surface area is 142 Å². The zero-order valence-corrected chi connectivity index (χ0v) is 15.9. The standard InChI is InChI=1S/C19H36O4/c1-7-9-11-22-18(20)16(13-14(3)4)17(15(5)6)19(21)23-12-10-8-2/h14-17H,7-13H2,1-6H3. The zero-order chi connectivity index (χ0) is 17.8. The summed E-state index contributed by atoms with van der Waals surface area (Å²) in [4.78, 5) is 25.0. The first-order valence-corrected chi connectivity index (χ1v) is 9.18. The van der Waals surface area contributed by atoms with Crippen LogP contribution in [0.4, 0.5) is 0 Å². The molecule has 0 aliphatic carbocycles. The molecule has 0 aliphatic rings. The van der Waals surface area contributed by atoms with E-state index in [1.165, 1.54) is 0 Å². The van der Waals surface area contributed by atoms with Crippen LogP contribution in [0.15, 0.2) is 0 Å². The topological polar surface area (TPSA) is 52.6 Å². The Morgan fingerprint density at radius 3 is 1.70 bits per heavy atom. The molecule has 0 amide bonds. The summed E-state index contributed by atoms with van der Waals surface area (Å²) in [6.07, 6.45) is 4.32. The number of rotatable bonds is 12. The van der Waals surface area contributed by atoms with E-state index < -0.39 is 11.8 Å². The minimum Gasteiger partial charge on any atom is -0.465 e. The lowest BCUT2D eigenvalue weighted by atomic mass is 9.79. The van der Waals surface area contributed by atoms with Gasteiger partial charge >= 0.3 is 11.9 Å². The van der Waals surface area contributed by atoms with Gasteiger partial charge in [0.05, 0.1) is 25.0 Å². The third kappa shape index (κ3) is 8.97. The van der Waals surface area contributed by atoms with Gasteiger partial charge in [0, 0.05) is 0 Å². The number of hydrogen-bond acceptors (Lipinski definition) is 4. The van der Waals surface area contributed by atoms with Crippen LogP contribution in [0.1, 0.15) is 73.6 Å². The molecule has 0 bridgehead atoms. The number of hydrogen-bond donors (Lipinski definition) is 0. The average molecular weight is 328 g/mol. The van der Waals surface area contributed by atoms with Crippen molar-refractivity contribution < 1.29 is 19.1 Å². The smallest absolute Gasteiger partial charge is 0.310 e. The molecule has 0 saturated carbocycles. The van der Waals surface area contributed by atoms with Crippen LogP contribution in [0, 0.1) is 23.7 Å². The van der Waals surface area contributed by atoms with E-state index in [0.29, 0.717) is 25.6 Å². The van der Waals surface area contributed by atoms with Gasteiger partial charge in [-0.15, -0.1) is 0 Å². The minimum absolute atomic E-state index is 0.0478. The molecule has 0 fully saturated rings. The SMILES string of the molecule is CCCCOC(=O)C(CC(C)C)C(C(=O)OCCCC)C(C)C. The molecule has 0 rings (SSSR count). The van der Waals surface area contributed by atoms with Crippen LogP contribution in [-0.2, 0) is 19.1 Å². The lowest BCUT2D eigenvalue weighted by Gasteiger charge is -2.28. The number of carbonyl (C=O) groups excluding carboxylic acids is 2. The summed E-state index contributed by atoms with van der Waals surface area (Å²) in [6, 6.07) is 0. The molecule has 136 valence electrons. The number of unbranched alkanes of at least 4 members (excludes halogenated alkanes) is 2. The van der Waals surface area contributed by atoms with Gasteiger partial charge in [0.2, 0.25) is 0 Å². The molecular weight excluding hydrogens is 292 g/mol. The fourth-order valence-electron chi connectivity index (χ4n) is 2.64. The average Bonchev–Trinajstić information content (AvgIpc) is 2.46. The third-order valence-corrected chi connectivity index (χ3v) is 3.94. The van der Waals surface area contributed by atoms with Crippen LogP contribution in [0.25, 0.3) is 0 Å². The van der Waals surface area contributed by atoms with Crippen molar-refractivity contribution >= 4 is 11.9 Å². The molecule has 0 N–H and O–H groups in total. The van der Waals surface area contributed by atoms with Gasteiger partial charge in [0.1, 0.15) is 0 Å². The maximum absolute atomic E-state index is 12.5. The van der Waals surface area contributed by atoms with Crippen LogP contribution in [0.3, 0.4) is 0 Å². The number of esters is 2. The maximum atomic E-state index is 12.5. The van der Waals surface area contributed by atoms with E-state index in [-0.39, 0.29) is 17.9 Å². The van der Waals surface area contributed by atoms with Gasteiger partial charge < -0.3 is 9.47 Å². The van der Waals surface area contributed by atoms with E-state index in [4.69, 9.17) is 9.47 Å². The second-order valence-electron chi connectivity index (χ2n) is 7.05. The van der Waals surface area contributed by atoms with Crippen LogP contribution >= 0.6 is 0 Å². The molecule has 0 aromatic heterocycles. The quantitative estimate of drug-likeness (QED) is 0.388. The molecule has 2 unspecified atom stereocenters. The van der Waals surface area contributed by atoms with Gasteiger partial charge in [-0.25, -0.2) is 0 Å². The molecule has 4 nitrogen and oxygen atoms in total. The predicted octanol–water partition coefficient (Wildman–Crippen LogP) is 4.61. The van der Waals surface area contributed by atoms with E-state index in [0.717, 1.165) is 25.7 Å². The Morgan fingerprint density at radius 2 is 1.30 bits per heavy atom. The highest BCUT2D eigenvalue weighted by atomic mass is 16.5. The Bertz CT molecular complexity index is 336. The molecule has 0 radical (unpaired) electrons. The van der Waals surface area contributed by atoms with Crippen molar-refractivity contribution in [3.63, 3.8) is 0 Å². The van der Waals surface area contributed by atoms with E-state index in [1.807, 2.05) is 13.8 Å². The first-order valence-electron chi connectivity index (χ1n) is 9.18. The summed E-state index contributed by atoms with van der Waals surface area (Å²) in [5.41, 5.74) is 0. The van der Waals surface area contributed by atoms with Crippen molar-refractivity contribution in [2.24, 2.45) is 23.7 Å². The summed E-state index contributed by atoms with van der Waals surface area (Å²) in [7, 11) is 0. The van der Waals surface area contributed by atoms with Crippen molar-refractivity contribution in [1.29, 1.82) is 0 Å². The number of carbonyl (C=O) groups is 2. The van der Waals surface area contributed by atoms with E-state index in [9.17, 15) is 9.59 Å². The van der Waals surface area contributed by atoms with E-state index >= 15 is 0 Å². The van der Waals surface area contributed by atoms with Gasteiger partial charge in [-0.1, -0.05) is 54.4 Å². The van der Waals surface area contributed by atoms with Crippen molar-refractivity contribution in [2.75, 3.05) is 13.2 Å². The summed E-state index contributed by atoms with van der Waals surface area (Å²) >= 11 is 0. The summed E-state index contributed by atoms with van der Waals surface area (Å²) < 4.78 is 10.8. The summed E-state index contributed by atoms with van der Waals surface area (Å²) in [6.45, 7) is 13.0. The molecule has 0 heterocycles. The van der Waals surface area contributed by atoms with Crippen molar-refractivity contribution in [1.82, 2.24) is 0 Å². The van der Waals surface area contributed by atoms with Crippen LogP contribution in [-0.4, -0.2) is 25.2 Å². The Balaban J connectivity index is 5.01. The normalized spacial score (nSPS) is 13.9. The van der Waals surface area contributed by atoms with E-state index in [1.54, 1.807) is 0 Å². The molecule has 2 atom stereocenters. The van der Waals surface area contributed by atoms with Crippen molar-refractivity contribution in [3.8, 4) is 0 Å². The maximum Gasteiger partial charge on any atom is 0.310 e. The minimum atomic E-state index is -0.427. The molecule has 0 saturated heterocycles. The molecule has 23 heavy (non-hydrogen) atoms. The second kappa shape index (κ2) is 12.4. The molecule has 0 aliphatic heterocycles. The molecule has 0 spiro atoms. The monoisotopic (exact) mass is 328 g/mol. The molecule has 4 heteroatoms. The van der Waals surface area contributed by atoms with E-state index in [2.05, 4.69) is 27.7 Å². The van der Waals surface area contributed by atoms with Gasteiger partial charge in [-0.2, -0.15) is 0 Å². The largest absolute Gasteiger partial charge is 0.465 e. The predicted molar refractivity (Wildman–Crippen MR) is 93.0 cm³/mol. The lowest BCUT2D eigenvalue weighted by Crippen LogP contribution is -2.37. The van der Waals surface area contributed by atoms with Crippen molar-refractivity contribution in [2.45, 2.75) is 73.6 Å². The highest BCUT2D eigenvalue weighted by Crippen LogP contribution is 2.29. The molecule has 0 aromatic rings. The Morgan fingerprint density at radius 1 is 0.826 bits per heavy atom. The summed E-state index contributed by atoms with van der Waals surface area (Å²) in [5, 5.41) is 0. The highest BCUT2D eigenvalue weighted by Gasteiger charge is 2.38. The number of ether oxygens (including phenoxy) is 2. The first-order chi connectivity index (χ1) is 10.8. The van der Waals surface area contributed by atoms with Crippen molar-refractivity contribution in [3.05, 3.63) is 0 Å². The summed E-state index contributed by atoms with van der Waals surface area (Å²) in [5.74, 6) is -0.982. The zero-order valence-electron chi connectivity index (χ0n) is 15.9. The van der Waals surface area contributed by atoms with Crippen LogP contribution in [0.2, 0.25) is 0 Å². The van der Waals surface area contributed by atoms with Gasteiger partial charge in [0.25, 0.3) is 0 Å². The van der Waals surface area contributed by atoms with Gasteiger partial charge in [0.15, 0.2) is 0 Å². The third-order valence-electron chi connectivity index (χ3n) is 3.94. The fourth-order valence-corrected chi connectivity index (χ4v) is 2.64. The lowest BCUT2D eigenvalue weighted by molar-refractivity contribution is -0.163. The molecule has 0 aromatic carbocycles. The fraction of sp³-hybridized carbons (Fsp3) is 0.895. The Kier molecular flexibility index (Phi) is 11.8. The van der Waals surface area contributed by atoms with Crippen LogP contribution < -0.4 is 0 Å². The first kappa shape index (κ1) is 21.9. The van der Waals surface area contributed by atoms with Gasteiger partial charge in [-0.05, 0) is 31.1 Å². The Hall–Kier alpha value is -1.06. The van der Waals surface area contributed by atoms with Crippen LogP contribution in [0.5, 0.6) is 0 Å². The molecular formula is C19H36O4. The van der Waals surface area contributed by atoms with Gasteiger partial charge in [-0.3, -0.25) is 9.59 Å².